The number of pyridine rings is 1. The summed E-state index contributed by atoms with van der Waals surface area (Å²) in [5.74, 6) is -5.85. The van der Waals surface area contributed by atoms with Crippen LogP contribution in [0.1, 0.15) is 37.5 Å². The van der Waals surface area contributed by atoms with Crippen LogP contribution in [0.15, 0.2) is 36.5 Å². The topological polar surface area (TPSA) is 91.7 Å². The smallest absolute Gasteiger partial charge is 0.248 e. The average molecular weight is 444 g/mol. The molecule has 1 fully saturated rings. The predicted octanol–water partition coefficient (Wildman–Crippen LogP) is 3.84. The number of anilines is 1. The molecule has 10 heteroatoms. The second-order valence-corrected chi connectivity index (χ2v) is 7.06. The van der Waals surface area contributed by atoms with E-state index in [1.165, 1.54) is 37.6 Å². The third-order valence-electron chi connectivity index (χ3n) is 4.71. The molecule has 0 saturated heterocycles. The van der Waals surface area contributed by atoms with E-state index in [1.54, 1.807) is 0 Å². The summed E-state index contributed by atoms with van der Waals surface area (Å²) in [6.07, 6.45) is 0.406. The van der Waals surface area contributed by atoms with Crippen LogP contribution in [0, 0.1) is 17.6 Å². The van der Waals surface area contributed by atoms with Crippen LogP contribution in [0.2, 0.25) is 0 Å². The highest BCUT2D eigenvalue weighted by molar-refractivity contribution is 5.92. The standard InChI is InChI=1S/C14H18F2N2O3.C7H6F2O/c15-14(16)4-1-2-9(7-14)13(21)18-10-3-5-17-11(6-10)12(20)8-19;1-10-6-4-2-3-5(8)7(6)9/h3,5-6,9,12,19-20H,1-2,4,7-8H2,(H,17,18,21);2-4H,1H3. The Hall–Kier alpha value is -2.72. The highest BCUT2D eigenvalue weighted by atomic mass is 19.3. The number of aliphatic hydroxyl groups excluding tert-OH is 2. The van der Waals surface area contributed by atoms with Gasteiger partial charge in [-0.1, -0.05) is 6.07 Å². The van der Waals surface area contributed by atoms with Gasteiger partial charge in [0.15, 0.2) is 11.6 Å². The van der Waals surface area contributed by atoms with Gasteiger partial charge in [-0.15, -0.1) is 0 Å². The molecule has 1 aliphatic rings. The van der Waals surface area contributed by atoms with Gasteiger partial charge < -0.3 is 20.3 Å². The van der Waals surface area contributed by atoms with Crippen LogP contribution in [0.3, 0.4) is 0 Å². The molecule has 0 spiro atoms. The Morgan fingerprint density at radius 3 is 2.71 bits per heavy atom. The summed E-state index contributed by atoms with van der Waals surface area (Å²) < 4.78 is 56.0. The van der Waals surface area contributed by atoms with Crippen LogP contribution < -0.4 is 10.1 Å². The van der Waals surface area contributed by atoms with Crippen LogP contribution in [-0.4, -0.2) is 40.7 Å². The van der Waals surface area contributed by atoms with Crippen molar-refractivity contribution in [2.24, 2.45) is 5.92 Å². The number of alkyl halides is 2. The Labute approximate surface area is 176 Å². The number of aromatic nitrogens is 1. The third-order valence-corrected chi connectivity index (χ3v) is 4.71. The number of benzene rings is 1. The Morgan fingerprint density at radius 1 is 1.35 bits per heavy atom. The van der Waals surface area contributed by atoms with Crippen molar-refractivity contribution in [2.45, 2.75) is 37.7 Å². The fourth-order valence-electron chi connectivity index (χ4n) is 3.08. The van der Waals surface area contributed by atoms with Crippen molar-refractivity contribution in [3.05, 3.63) is 53.9 Å². The Bertz CT molecular complexity index is 882. The minimum Gasteiger partial charge on any atom is -0.494 e. The van der Waals surface area contributed by atoms with Crippen molar-refractivity contribution in [3.8, 4) is 5.75 Å². The zero-order valence-electron chi connectivity index (χ0n) is 16.8. The summed E-state index contributed by atoms with van der Waals surface area (Å²) in [4.78, 5) is 15.9. The van der Waals surface area contributed by atoms with Crippen molar-refractivity contribution in [1.29, 1.82) is 0 Å². The van der Waals surface area contributed by atoms with E-state index in [1.807, 2.05) is 0 Å². The second-order valence-electron chi connectivity index (χ2n) is 7.06. The van der Waals surface area contributed by atoms with E-state index in [9.17, 15) is 27.5 Å². The molecular formula is C21H24F4N2O4. The summed E-state index contributed by atoms with van der Waals surface area (Å²) in [5, 5.41) is 20.9. The van der Waals surface area contributed by atoms with Crippen LogP contribution in [0.25, 0.3) is 0 Å². The first-order valence-electron chi connectivity index (χ1n) is 9.58. The quantitative estimate of drug-likeness (QED) is 0.610. The molecule has 2 atom stereocenters. The van der Waals surface area contributed by atoms with Gasteiger partial charge in [-0.05, 0) is 37.1 Å². The number of methoxy groups -OCH3 is 1. The molecule has 2 aromatic rings. The molecule has 6 nitrogen and oxygen atoms in total. The molecular weight excluding hydrogens is 420 g/mol. The Balaban J connectivity index is 0.000000285. The number of nitrogens with one attached hydrogen (secondary N) is 1. The summed E-state index contributed by atoms with van der Waals surface area (Å²) in [6.45, 7) is -0.487. The van der Waals surface area contributed by atoms with Crippen LogP contribution in [0.4, 0.5) is 23.2 Å². The number of halogens is 4. The number of hydrogen-bond donors (Lipinski definition) is 3. The zero-order chi connectivity index (χ0) is 23.0. The molecule has 3 N–H and O–H groups in total. The molecule has 1 aromatic heterocycles. The van der Waals surface area contributed by atoms with Crippen molar-refractivity contribution in [1.82, 2.24) is 4.98 Å². The second kappa shape index (κ2) is 11.1. The molecule has 1 aromatic carbocycles. The van der Waals surface area contributed by atoms with Crippen molar-refractivity contribution >= 4 is 11.6 Å². The number of carbonyl (C=O) groups is 1. The molecule has 170 valence electrons. The highest BCUT2D eigenvalue weighted by Gasteiger charge is 2.39. The fourth-order valence-corrected chi connectivity index (χ4v) is 3.08. The van der Waals surface area contributed by atoms with Gasteiger partial charge in [0.05, 0.1) is 19.4 Å². The van der Waals surface area contributed by atoms with Crippen molar-refractivity contribution in [2.75, 3.05) is 19.0 Å². The maximum absolute atomic E-state index is 13.3. The first-order valence-corrected chi connectivity index (χ1v) is 9.58. The number of aliphatic hydroxyl groups is 2. The van der Waals surface area contributed by atoms with Gasteiger partial charge in [0.25, 0.3) is 0 Å². The first kappa shape index (κ1) is 24.5. The molecule has 0 radical (unpaired) electrons. The number of carbonyl (C=O) groups excluding carboxylic acids is 1. The summed E-state index contributed by atoms with van der Waals surface area (Å²) in [7, 11) is 1.29. The number of rotatable bonds is 5. The normalized spacial score (nSPS) is 18.4. The lowest BCUT2D eigenvalue weighted by atomic mass is 9.86. The minimum absolute atomic E-state index is 0.0694. The fraction of sp³-hybridized carbons (Fsp3) is 0.429. The number of amides is 1. The molecule has 3 rings (SSSR count). The van der Waals surface area contributed by atoms with Gasteiger partial charge >= 0.3 is 0 Å². The zero-order valence-corrected chi connectivity index (χ0v) is 16.8. The molecule has 0 aliphatic heterocycles. The van der Waals surface area contributed by atoms with Gasteiger partial charge in [0.1, 0.15) is 6.10 Å². The van der Waals surface area contributed by atoms with E-state index >= 15 is 0 Å². The molecule has 1 saturated carbocycles. The monoisotopic (exact) mass is 444 g/mol. The number of nitrogens with zero attached hydrogens (tertiary/aromatic N) is 1. The van der Waals surface area contributed by atoms with E-state index in [4.69, 9.17) is 5.11 Å². The largest absolute Gasteiger partial charge is 0.494 e. The van der Waals surface area contributed by atoms with E-state index in [2.05, 4.69) is 15.0 Å². The van der Waals surface area contributed by atoms with E-state index in [-0.39, 0.29) is 17.9 Å². The van der Waals surface area contributed by atoms with E-state index < -0.39 is 48.5 Å². The predicted molar refractivity (Wildman–Crippen MR) is 105 cm³/mol. The van der Waals surface area contributed by atoms with Gasteiger partial charge in [0.2, 0.25) is 17.6 Å². The first-order chi connectivity index (χ1) is 14.7. The average Bonchev–Trinajstić information content (AvgIpc) is 2.75. The summed E-state index contributed by atoms with van der Waals surface area (Å²) >= 11 is 0. The summed E-state index contributed by atoms with van der Waals surface area (Å²) in [5.41, 5.74) is 0.579. The molecule has 1 aliphatic carbocycles. The Kier molecular flexibility index (Phi) is 8.76. The van der Waals surface area contributed by atoms with Crippen LogP contribution >= 0.6 is 0 Å². The van der Waals surface area contributed by atoms with Crippen molar-refractivity contribution < 1.29 is 37.3 Å². The maximum Gasteiger partial charge on any atom is 0.248 e. The number of ether oxygens (including phenoxy) is 1. The lowest BCUT2D eigenvalue weighted by Gasteiger charge is -2.28. The van der Waals surface area contributed by atoms with Gasteiger partial charge in [-0.25, -0.2) is 13.2 Å². The van der Waals surface area contributed by atoms with E-state index in [0.717, 1.165) is 6.07 Å². The SMILES string of the molecule is COc1cccc(F)c1F.O=C(Nc1ccnc(C(O)CO)c1)C1CCCC(F)(F)C1. The van der Waals surface area contributed by atoms with Gasteiger partial charge in [-0.3, -0.25) is 9.78 Å². The lowest BCUT2D eigenvalue weighted by Crippen LogP contribution is -2.33. The van der Waals surface area contributed by atoms with E-state index in [0.29, 0.717) is 18.5 Å². The van der Waals surface area contributed by atoms with Crippen LogP contribution in [-0.2, 0) is 4.79 Å². The molecule has 0 bridgehead atoms. The minimum atomic E-state index is -2.78. The van der Waals surface area contributed by atoms with Gasteiger partial charge in [0, 0.05) is 30.6 Å². The maximum atomic E-state index is 13.3. The highest BCUT2D eigenvalue weighted by Crippen LogP contribution is 2.37. The number of hydrogen-bond acceptors (Lipinski definition) is 5. The third kappa shape index (κ3) is 7.18. The molecule has 1 amide bonds. The molecule has 2 unspecified atom stereocenters. The van der Waals surface area contributed by atoms with Crippen molar-refractivity contribution in [3.63, 3.8) is 0 Å². The molecule has 1 heterocycles. The lowest BCUT2D eigenvalue weighted by molar-refractivity contribution is -0.127. The molecule has 31 heavy (non-hydrogen) atoms. The van der Waals surface area contributed by atoms with Crippen LogP contribution in [0.5, 0.6) is 5.75 Å². The van der Waals surface area contributed by atoms with Gasteiger partial charge in [-0.2, -0.15) is 4.39 Å². The summed E-state index contributed by atoms with van der Waals surface area (Å²) in [6, 6.07) is 6.71. The Morgan fingerprint density at radius 2 is 2.10 bits per heavy atom.